The highest BCUT2D eigenvalue weighted by Crippen LogP contribution is 2.33. The molecule has 0 bridgehead atoms. The van der Waals surface area contributed by atoms with E-state index in [1.54, 1.807) is 13.8 Å². The molecule has 0 spiro atoms. The summed E-state index contributed by atoms with van der Waals surface area (Å²) >= 11 is 1.33. The van der Waals surface area contributed by atoms with Gasteiger partial charge in [-0.05, 0) is 31.5 Å². The molecule has 1 atom stereocenters. The van der Waals surface area contributed by atoms with E-state index in [4.69, 9.17) is 9.84 Å². The minimum absolute atomic E-state index is 0.0427. The minimum Gasteiger partial charge on any atom is -0.481 e. The van der Waals surface area contributed by atoms with Crippen molar-refractivity contribution in [2.45, 2.75) is 26.3 Å². The molecule has 0 fully saturated rings. The van der Waals surface area contributed by atoms with Gasteiger partial charge in [-0.2, -0.15) is 0 Å². The summed E-state index contributed by atoms with van der Waals surface area (Å²) in [4.78, 5) is 29.9. The maximum atomic E-state index is 12.5. The Labute approximate surface area is 163 Å². The molecule has 1 unspecified atom stereocenters. The number of carbonyl (C=O) groups excluding carboxylic acids is 1. The molecule has 7 nitrogen and oxygen atoms in total. The summed E-state index contributed by atoms with van der Waals surface area (Å²) in [5.74, 6) is -0.855. The summed E-state index contributed by atoms with van der Waals surface area (Å²) in [6.07, 6.45) is 0.0427. The SMILES string of the molecule is CCOC(=O)C1=C(C)NC(SCCC(=O)O)=NC1c1ccc(N(C)C)cc1. The van der Waals surface area contributed by atoms with Gasteiger partial charge >= 0.3 is 11.9 Å². The Morgan fingerprint density at radius 3 is 2.52 bits per heavy atom. The smallest absolute Gasteiger partial charge is 0.338 e. The number of benzene rings is 1. The second-order valence-electron chi connectivity index (χ2n) is 6.20. The lowest BCUT2D eigenvalue weighted by Gasteiger charge is -2.26. The van der Waals surface area contributed by atoms with E-state index in [1.807, 2.05) is 43.3 Å². The molecule has 1 aromatic rings. The fraction of sp³-hybridized carbons (Fsp3) is 0.421. The number of thioether (sulfide) groups is 1. The molecule has 0 radical (unpaired) electrons. The second-order valence-corrected chi connectivity index (χ2v) is 7.28. The number of aliphatic imine (C=N–C) groups is 1. The van der Waals surface area contributed by atoms with Gasteiger partial charge in [-0.25, -0.2) is 9.79 Å². The molecule has 0 aromatic heterocycles. The van der Waals surface area contributed by atoms with E-state index >= 15 is 0 Å². The molecule has 2 rings (SSSR count). The van der Waals surface area contributed by atoms with Crippen molar-refractivity contribution in [3.8, 4) is 0 Å². The van der Waals surface area contributed by atoms with Gasteiger partial charge in [0.1, 0.15) is 6.04 Å². The number of hydrogen-bond donors (Lipinski definition) is 2. The second kappa shape index (κ2) is 9.45. The highest BCUT2D eigenvalue weighted by Gasteiger charge is 2.30. The first-order valence-corrected chi connectivity index (χ1v) is 9.66. The van der Waals surface area contributed by atoms with Gasteiger partial charge in [-0.1, -0.05) is 23.9 Å². The molecule has 1 heterocycles. The third-order valence-corrected chi connectivity index (χ3v) is 4.88. The summed E-state index contributed by atoms with van der Waals surface area (Å²) in [5, 5.41) is 12.5. The Morgan fingerprint density at radius 2 is 1.96 bits per heavy atom. The fourth-order valence-corrected chi connectivity index (χ4v) is 3.50. The quantitative estimate of drug-likeness (QED) is 0.691. The number of ether oxygens (including phenoxy) is 1. The number of carboxylic acids is 1. The van der Waals surface area contributed by atoms with E-state index in [-0.39, 0.29) is 13.0 Å². The van der Waals surface area contributed by atoms with Crippen molar-refractivity contribution >= 4 is 34.6 Å². The van der Waals surface area contributed by atoms with Crippen molar-refractivity contribution in [1.29, 1.82) is 0 Å². The molecule has 146 valence electrons. The number of anilines is 1. The number of rotatable bonds is 7. The number of amidine groups is 1. The predicted octanol–water partition coefficient (Wildman–Crippen LogP) is 2.80. The number of allylic oxidation sites excluding steroid dienone is 1. The Morgan fingerprint density at radius 1 is 1.30 bits per heavy atom. The number of aliphatic carboxylic acids is 1. The van der Waals surface area contributed by atoms with E-state index in [1.165, 1.54) is 11.8 Å². The van der Waals surface area contributed by atoms with Gasteiger partial charge in [0.2, 0.25) is 0 Å². The number of carboxylic acid groups (broad SMARTS) is 1. The summed E-state index contributed by atoms with van der Waals surface area (Å²) < 4.78 is 5.21. The number of esters is 1. The molecule has 1 aliphatic heterocycles. The molecule has 1 aliphatic rings. The monoisotopic (exact) mass is 391 g/mol. The standard InChI is InChI=1S/C19H25N3O4S/c1-5-26-18(25)16-12(2)20-19(27-11-10-15(23)24)21-17(16)13-6-8-14(9-7-13)22(3)4/h6-9,17H,5,10-11H2,1-4H3,(H,20,21)(H,23,24). The number of nitrogens with zero attached hydrogens (tertiary/aromatic N) is 2. The maximum absolute atomic E-state index is 12.5. The molecule has 0 saturated heterocycles. The Hall–Kier alpha value is -2.48. The zero-order valence-electron chi connectivity index (χ0n) is 16.0. The number of carbonyl (C=O) groups is 2. The Bertz CT molecular complexity index is 757. The lowest BCUT2D eigenvalue weighted by Crippen LogP contribution is -2.30. The first kappa shape index (κ1) is 20.8. The summed E-state index contributed by atoms with van der Waals surface area (Å²) in [6.45, 7) is 3.85. The van der Waals surface area contributed by atoms with Gasteiger partial charge in [0.05, 0.1) is 18.6 Å². The van der Waals surface area contributed by atoms with Gasteiger partial charge in [-0.3, -0.25) is 4.79 Å². The van der Waals surface area contributed by atoms with Gasteiger partial charge < -0.3 is 20.1 Å². The largest absolute Gasteiger partial charge is 0.481 e. The van der Waals surface area contributed by atoms with Gasteiger partial charge in [0, 0.05) is 31.2 Å². The first-order chi connectivity index (χ1) is 12.8. The van der Waals surface area contributed by atoms with Crippen molar-refractivity contribution in [2.24, 2.45) is 4.99 Å². The lowest BCUT2D eigenvalue weighted by molar-refractivity contribution is -0.139. The van der Waals surface area contributed by atoms with Crippen LogP contribution in [-0.4, -0.2) is 48.7 Å². The van der Waals surface area contributed by atoms with E-state index in [2.05, 4.69) is 10.3 Å². The number of hydrogen-bond acceptors (Lipinski definition) is 7. The van der Waals surface area contributed by atoms with Gasteiger partial charge in [0.25, 0.3) is 0 Å². The average molecular weight is 391 g/mol. The molecular formula is C19H25N3O4S. The lowest BCUT2D eigenvalue weighted by atomic mass is 9.96. The highest BCUT2D eigenvalue weighted by atomic mass is 32.2. The Kier molecular flexibility index (Phi) is 7.29. The summed E-state index contributed by atoms with van der Waals surface area (Å²) in [7, 11) is 3.92. The van der Waals surface area contributed by atoms with Crippen molar-refractivity contribution in [2.75, 3.05) is 31.4 Å². The molecule has 27 heavy (non-hydrogen) atoms. The molecule has 2 N–H and O–H groups in total. The average Bonchev–Trinajstić information content (AvgIpc) is 2.61. The molecule has 0 aliphatic carbocycles. The van der Waals surface area contributed by atoms with Gasteiger partial charge in [-0.15, -0.1) is 0 Å². The van der Waals surface area contributed by atoms with Crippen LogP contribution >= 0.6 is 11.8 Å². The zero-order valence-corrected chi connectivity index (χ0v) is 16.8. The zero-order chi connectivity index (χ0) is 20.0. The van der Waals surface area contributed by atoms with Crippen molar-refractivity contribution < 1.29 is 19.4 Å². The van der Waals surface area contributed by atoms with Crippen molar-refractivity contribution in [3.05, 3.63) is 41.1 Å². The molecule has 1 aromatic carbocycles. The van der Waals surface area contributed by atoms with E-state index in [0.29, 0.717) is 22.2 Å². The molecule has 8 heteroatoms. The third kappa shape index (κ3) is 5.50. The predicted molar refractivity (Wildman–Crippen MR) is 108 cm³/mol. The van der Waals surface area contributed by atoms with Crippen LogP contribution in [0.3, 0.4) is 0 Å². The number of nitrogens with one attached hydrogen (secondary N) is 1. The fourth-order valence-electron chi connectivity index (χ4n) is 2.62. The van der Waals surface area contributed by atoms with E-state index in [9.17, 15) is 9.59 Å². The van der Waals surface area contributed by atoms with Crippen LogP contribution in [-0.2, 0) is 14.3 Å². The van der Waals surface area contributed by atoms with Crippen LogP contribution in [0.5, 0.6) is 0 Å². The van der Waals surface area contributed by atoms with Gasteiger partial charge in [0.15, 0.2) is 5.17 Å². The van der Waals surface area contributed by atoms with Crippen LogP contribution in [0, 0.1) is 0 Å². The molecule has 0 saturated carbocycles. The highest BCUT2D eigenvalue weighted by molar-refractivity contribution is 8.13. The first-order valence-electron chi connectivity index (χ1n) is 8.68. The van der Waals surface area contributed by atoms with E-state index < -0.39 is 18.0 Å². The maximum Gasteiger partial charge on any atom is 0.338 e. The van der Waals surface area contributed by atoms with Crippen molar-refractivity contribution in [1.82, 2.24) is 5.32 Å². The topological polar surface area (TPSA) is 91.2 Å². The molecular weight excluding hydrogens is 366 g/mol. The van der Waals surface area contributed by atoms with E-state index in [0.717, 1.165) is 11.3 Å². The Balaban J connectivity index is 2.33. The molecule has 0 amide bonds. The van der Waals surface area contributed by atoms with Crippen LogP contribution < -0.4 is 10.2 Å². The van der Waals surface area contributed by atoms with Crippen molar-refractivity contribution in [3.63, 3.8) is 0 Å². The van der Waals surface area contributed by atoms with Crippen LogP contribution in [0.25, 0.3) is 0 Å². The third-order valence-electron chi connectivity index (χ3n) is 3.99. The van der Waals surface area contributed by atoms with Crippen LogP contribution in [0.4, 0.5) is 5.69 Å². The summed E-state index contributed by atoms with van der Waals surface area (Å²) in [6, 6.07) is 7.35. The normalized spacial score (nSPS) is 16.4. The van der Waals surface area contributed by atoms with Crippen LogP contribution in [0.15, 0.2) is 40.5 Å². The van der Waals surface area contributed by atoms with Crippen LogP contribution in [0.1, 0.15) is 31.9 Å². The van der Waals surface area contributed by atoms with Crippen LogP contribution in [0.2, 0.25) is 0 Å². The minimum atomic E-state index is -0.853. The summed E-state index contributed by atoms with van der Waals surface area (Å²) in [5.41, 5.74) is 3.06.